The summed E-state index contributed by atoms with van der Waals surface area (Å²) < 4.78 is 17.2. The Kier molecular flexibility index (Phi) is 2.95. The molecule has 3 rings (SSSR count). The van der Waals surface area contributed by atoms with Crippen molar-refractivity contribution in [2.45, 2.75) is 38.9 Å². The fourth-order valence-corrected chi connectivity index (χ4v) is 1.98. The van der Waals surface area contributed by atoms with Gasteiger partial charge in [-0.15, -0.1) is 0 Å². The molecule has 3 heterocycles. The van der Waals surface area contributed by atoms with Crippen LogP contribution in [0.4, 0.5) is 0 Å². The van der Waals surface area contributed by atoms with E-state index in [1.807, 2.05) is 39.8 Å². The molecule has 0 atom stereocenters. The zero-order chi connectivity index (χ0) is 14.4. The third-order valence-corrected chi connectivity index (χ3v) is 3.94. The van der Waals surface area contributed by atoms with Crippen LogP contribution in [0.5, 0.6) is 0 Å². The van der Waals surface area contributed by atoms with Crippen LogP contribution in [0.25, 0.3) is 11.5 Å². The smallest absolute Gasteiger partial charge is 0.463 e. The molecule has 1 saturated heterocycles. The summed E-state index contributed by atoms with van der Waals surface area (Å²) in [6, 6.07) is 3.66. The van der Waals surface area contributed by atoms with Crippen molar-refractivity contribution in [2.75, 3.05) is 0 Å². The Labute approximate surface area is 118 Å². The van der Waals surface area contributed by atoms with E-state index in [2.05, 4.69) is 9.97 Å². The summed E-state index contributed by atoms with van der Waals surface area (Å²) in [7, 11) is -0.488. The predicted molar refractivity (Wildman–Crippen MR) is 75.5 cm³/mol. The Hall–Kier alpha value is -1.66. The van der Waals surface area contributed by atoms with Crippen molar-refractivity contribution in [3.8, 4) is 11.5 Å². The molecule has 2 aromatic heterocycles. The summed E-state index contributed by atoms with van der Waals surface area (Å²) in [6.07, 6.45) is 4.94. The van der Waals surface area contributed by atoms with Crippen LogP contribution in [-0.4, -0.2) is 28.3 Å². The average Bonchev–Trinajstić information content (AvgIpc) is 2.97. The predicted octanol–water partition coefficient (Wildman–Crippen LogP) is 2.04. The molecule has 0 radical (unpaired) electrons. The lowest BCUT2D eigenvalue weighted by Gasteiger charge is -2.32. The first-order valence-corrected chi connectivity index (χ1v) is 6.60. The molecule has 0 aliphatic carbocycles. The minimum atomic E-state index is -0.488. The second-order valence-corrected chi connectivity index (χ2v) is 5.89. The number of nitrogens with zero attached hydrogens (tertiary/aromatic N) is 2. The Morgan fingerprint density at radius 1 is 1.00 bits per heavy atom. The molecule has 0 unspecified atom stereocenters. The van der Waals surface area contributed by atoms with Gasteiger partial charge in [0.05, 0.1) is 29.3 Å². The minimum Gasteiger partial charge on any atom is -0.463 e. The van der Waals surface area contributed by atoms with Gasteiger partial charge in [-0.05, 0) is 39.8 Å². The van der Waals surface area contributed by atoms with Gasteiger partial charge < -0.3 is 13.7 Å². The van der Waals surface area contributed by atoms with E-state index < -0.39 is 7.12 Å². The molecule has 1 aliphatic heterocycles. The maximum Gasteiger partial charge on any atom is 0.516 e. The molecular weight excluding hydrogens is 255 g/mol. The molecule has 1 aliphatic rings. The molecule has 104 valence electrons. The van der Waals surface area contributed by atoms with Crippen LogP contribution in [0.3, 0.4) is 0 Å². The average molecular weight is 272 g/mol. The molecule has 2 aromatic rings. The largest absolute Gasteiger partial charge is 0.516 e. The number of hydrogen-bond donors (Lipinski definition) is 0. The SMILES string of the molecule is CC1(C)OB(c2cnc(-c3ccco3)cn2)OC1(C)C. The molecule has 5 nitrogen and oxygen atoms in total. The standard InChI is InChI=1S/C14H17BN2O3/c1-13(2)14(3,4)20-15(19-13)12-9-16-10(8-17-12)11-6-5-7-18-11/h5-9H,1-4H3. The van der Waals surface area contributed by atoms with Crippen molar-refractivity contribution < 1.29 is 13.7 Å². The van der Waals surface area contributed by atoms with Crippen LogP contribution in [-0.2, 0) is 9.31 Å². The third kappa shape index (κ3) is 2.15. The van der Waals surface area contributed by atoms with E-state index in [4.69, 9.17) is 13.7 Å². The number of rotatable bonds is 2. The summed E-state index contributed by atoms with van der Waals surface area (Å²) in [6.45, 7) is 8.05. The van der Waals surface area contributed by atoms with Gasteiger partial charge in [-0.2, -0.15) is 0 Å². The highest BCUT2D eigenvalue weighted by Gasteiger charge is 2.52. The van der Waals surface area contributed by atoms with Gasteiger partial charge in [-0.1, -0.05) is 0 Å². The van der Waals surface area contributed by atoms with E-state index in [0.29, 0.717) is 17.0 Å². The second-order valence-electron chi connectivity index (χ2n) is 5.89. The van der Waals surface area contributed by atoms with Gasteiger partial charge in [-0.25, -0.2) is 0 Å². The first kappa shape index (κ1) is 13.3. The maximum atomic E-state index is 5.93. The molecule has 6 heteroatoms. The highest BCUT2D eigenvalue weighted by atomic mass is 16.7. The van der Waals surface area contributed by atoms with E-state index in [1.54, 1.807) is 18.7 Å². The van der Waals surface area contributed by atoms with Gasteiger partial charge in [0.1, 0.15) is 5.69 Å². The second kappa shape index (κ2) is 4.43. The van der Waals surface area contributed by atoms with Crippen molar-refractivity contribution in [1.82, 2.24) is 9.97 Å². The normalized spacial score (nSPS) is 20.3. The highest BCUT2D eigenvalue weighted by molar-refractivity contribution is 6.61. The van der Waals surface area contributed by atoms with Crippen LogP contribution in [0.2, 0.25) is 0 Å². The Morgan fingerprint density at radius 3 is 2.20 bits per heavy atom. The molecule has 0 spiro atoms. The van der Waals surface area contributed by atoms with Crippen LogP contribution >= 0.6 is 0 Å². The van der Waals surface area contributed by atoms with E-state index in [-0.39, 0.29) is 11.2 Å². The summed E-state index contributed by atoms with van der Waals surface area (Å²) in [5.74, 6) is 0.693. The zero-order valence-electron chi connectivity index (χ0n) is 12.1. The van der Waals surface area contributed by atoms with Gasteiger partial charge in [-0.3, -0.25) is 9.97 Å². The first-order valence-electron chi connectivity index (χ1n) is 6.60. The molecule has 20 heavy (non-hydrogen) atoms. The lowest BCUT2D eigenvalue weighted by atomic mass is 9.85. The fourth-order valence-electron chi connectivity index (χ4n) is 1.98. The summed E-state index contributed by atoms with van der Waals surface area (Å²) in [5.41, 5.74) is 0.604. The Balaban J connectivity index is 1.83. The van der Waals surface area contributed by atoms with Gasteiger partial charge in [0, 0.05) is 6.20 Å². The lowest BCUT2D eigenvalue weighted by molar-refractivity contribution is 0.00578. The van der Waals surface area contributed by atoms with Crippen molar-refractivity contribution >= 4 is 12.7 Å². The molecule has 0 saturated carbocycles. The summed E-state index contributed by atoms with van der Waals surface area (Å²) in [5, 5.41) is 0. The Morgan fingerprint density at radius 2 is 1.70 bits per heavy atom. The topological polar surface area (TPSA) is 57.4 Å². The first-order chi connectivity index (χ1) is 9.39. The van der Waals surface area contributed by atoms with Gasteiger partial charge in [0.2, 0.25) is 0 Å². The molecule has 0 aromatic carbocycles. The van der Waals surface area contributed by atoms with Crippen molar-refractivity contribution in [2.24, 2.45) is 0 Å². The van der Waals surface area contributed by atoms with Crippen molar-refractivity contribution in [3.05, 3.63) is 30.8 Å². The molecule has 0 amide bonds. The number of hydrogen-bond acceptors (Lipinski definition) is 5. The fraction of sp³-hybridized carbons (Fsp3) is 0.429. The van der Waals surface area contributed by atoms with Crippen molar-refractivity contribution in [1.29, 1.82) is 0 Å². The number of aromatic nitrogens is 2. The van der Waals surface area contributed by atoms with E-state index in [1.165, 1.54) is 0 Å². The monoisotopic (exact) mass is 272 g/mol. The van der Waals surface area contributed by atoms with Gasteiger partial charge in [0.25, 0.3) is 0 Å². The minimum absolute atomic E-state index is 0.376. The number of furan rings is 1. The maximum absolute atomic E-state index is 5.93. The van der Waals surface area contributed by atoms with Gasteiger partial charge >= 0.3 is 7.12 Å². The van der Waals surface area contributed by atoms with Crippen LogP contribution in [0, 0.1) is 0 Å². The van der Waals surface area contributed by atoms with E-state index >= 15 is 0 Å². The molecular formula is C14H17BN2O3. The molecule has 0 bridgehead atoms. The molecule has 1 fully saturated rings. The van der Waals surface area contributed by atoms with Crippen molar-refractivity contribution in [3.63, 3.8) is 0 Å². The van der Waals surface area contributed by atoms with Crippen LogP contribution < -0.4 is 5.59 Å². The summed E-state index contributed by atoms with van der Waals surface area (Å²) in [4.78, 5) is 8.72. The Bertz CT molecular complexity index is 577. The lowest BCUT2D eigenvalue weighted by Crippen LogP contribution is -2.41. The van der Waals surface area contributed by atoms with E-state index in [0.717, 1.165) is 0 Å². The molecule has 0 N–H and O–H groups in total. The third-order valence-electron chi connectivity index (χ3n) is 3.94. The zero-order valence-corrected chi connectivity index (χ0v) is 12.1. The van der Waals surface area contributed by atoms with Crippen LogP contribution in [0.15, 0.2) is 35.2 Å². The van der Waals surface area contributed by atoms with Crippen LogP contribution in [0.1, 0.15) is 27.7 Å². The van der Waals surface area contributed by atoms with Gasteiger partial charge in [0.15, 0.2) is 5.76 Å². The quantitative estimate of drug-likeness (QED) is 0.783. The van der Waals surface area contributed by atoms with E-state index in [9.17, 15) is 0 Å². The summed E-state index contributed by atoms with van der Waals surface area (Å²) >= 11 is 0. The highest BCUT2D eigenvalue weighted by Crippen LogP contribution is 2.36.